The van der Waals surface area contributed by atoms with Gasteiger partial charge in [-0.3, -0.25) is 19.4 Å². The van der Waals surface area contributed by atoms with Gasteiger partial charge in [0.25, 0.3) is 0 Å². The molecule has 1 aliphatic heterocycles. The van der Waals surface area contributed by atoms with Crippen LogP contribution >= 0.6 is 0 Å². The first-order chi connectivity index (χ1) is 27.3. The Labute approximate surface area is 327 Å². The van der Waals surface area contributed by atoms with Crippen LogP contribution in [0.2, 0.25) is 0 Å². The Hall–Kier alpha value is -5.94. The highest BCUT2D eigenvalue weighted by atomic mass is 16.7. The maximum absolute atomic E-state index is 14.8. The van der Waals surface area contributed by atoms with Crippen molar-refractivity contribution in [2.75, 3.05) is 13.2 Å². The van der Waals surface area contributed by atoms with Crippen LogP contribution in [0.3, 0.4) is 0 Å². The van der Waals surface area contributed by atoms with E-state index in [2.05, 4.69) is 4.99 Å². The van der Waals surface area contributed by atoms with Crippen LogP contribution in [0, 0.1) is 0 Å². The Morgan fingerprint density at radius 3 is 2.30 bits per heavy atom. The van der Waals surface area contributed by atoms with E-state index in [0.29, 0.717) is 11.1 Å². The molecule has 15 nitrogen and oxygen atoms in total. The standard InChI is InChI=1S/C42H43N3O12/c1-21-35(49)39(53)40(54-14-13-45-42(43)44)41(55-21)57-31-18-29-34(36(50)28(31)16-24-9-6-10-25(15-24)19-46)38(52)32-26(20-47)17-30(56-22(2)48)27(33(32)37(29)51)12-11-23-7-4-3-5-8-23/h3-12,15,17-18,21,35,39-41,46-47,49-50,53H,13-14,16,19-20H2,1-2H3,(H4,43,44,45)/t21-,35-,39-,40-,41-/m1/s1. The third-order valence-corrected chi connectivity index (χ3v) is 9.65. The van der Waals surface area contributed by atoms with E-state index in [-0.39, 0.29) is 82.6 Å². The van der Waals surface area contributed by atoms with Crippen molar-refractivity contribution >= 4 is 35.6 Å². The Morgan fingerprint density at radius 1 is 0.877 bits per heavy atom. The van der Waals surface area contributed by atoms with Gasteiger partial charge in [0, 0.05) is 41.2 Å². The number of rotatable bonds is 13. The highest BCUT2D eigenvalue weighted by molar-refractivity contribution is 6.31. The quantitative estimate of drug-likeness (QED) is 0.0226. The number of nitrogens with zero attached hydrogens (tertiary/aromatic N) is 1. The molecular weight excluding hydrogens is 738 g/mol. The summed E-state index contributed by atoms with van der Waals surface area (Å²) in [7, 11) is 0. The van der Waals surface area contributed by atoms with Gasteiger partial charge in [-0.25, -0.2) is 0 Å². The molecule has 2 aliphatic rings. The Kier molecular flexibility index (Phi) is 12.5. The van der Waals surface area contributed by atoms with Gasteiger partial charge in [0.2, 0.25) is 6.29 Å². The molecule has 6 rings (SSSR count). The van der Waals surface area contributed by atoms with Crippen molar-refractivity contribution in [3.63, 3.8) is 0 Å². The number of fused-ring (bicyclic) bond motifs is 2. The van der Waals surface area contributed by atoms with Crippen molar-refractivity contribution in [1.29, 1.82) is 0 Å². The fourth-order valence-corrected chi connectivity index (χ4v) is 6.93. The first-order valence-electron chi connectivity index (χ1n) is 18.1. The number of aliphatic hydroxyl groups excluding tert-OH is 4. The van der Waals surface area contributed by atoms with Crippen LogP contribution in [0.5, 0.6) is 17.2 Å². The number of guanidine groups is 1. The van der Waals surface area contributed by atoms with Gasteiger partial charge in [0.05, 0.1) is 38.0 Å². The van der Waals surface area contributed by atoms with Crippen molar-refractivity contribution in [1.82, 2.24) is 0 Å². The lowest BCUT2D eigenvalue weighted by Crippen LogP contribution is -2.59. The predicted molar refractivity (Wildman–Crippen MR) is 207 cm³/mol. The number of aromatic hydroxyl groups is 1. The Bertz CT molecular complexity index is 2240. The van der Waals surface area contributed by atoms with Crippen LogP contribution in [0.25, 0.3) is 12.2 Å². The third-order valence-electron chi connectivity index (χ3n) is 9.65. The molecule has 1 aliphatic carbocycles. The van der Waals surface area contributed by atoms with E-state index in [4.69, 9.17) is 30.4 Å². The van der Waals surface area contributed by atoms with E-state index >= 15 is 0 Å². The number of hydrogen-bond acceptors (Lipinski definition) is 13. The van der Waals surface area contributed by atoms with Gasteiger partial charge < -0.3 is 55.9 Å². The monoisotopic (exact) mass is 781 g/mol. The summed E-state index contributed by atoms with van der Waals surface area (Å²) in [6.07, 6.45) is -3.55. The van der Waals surface area contributed by atoms with E-state index in [9.17, 15) is 39.9 Å². The summed E-state index contributed by atoms with van der Waals surface area (Å²) in [6, 6.07) is 18.4. The second kappa shape index (κ2) is 17.5. The zero-order chi connectivity index (χ0) is 41.0. The van der Waals surface area contributed by atoms with E-state index in [1.807, 2.05) is 6.07 Å². The van der Waals surface area contributed by atoms with E-state index in [0.717, 1.165) is 5.56 Å². The second-order valence-electron chi connectivity index (χ2n) is 13.6. The van der Waals surface area contributed by atoms with Gasteiger partial charge in [0.1, 0.15) is 35.6 Å². The van der Waals surface area contributed by atoms with Crippen LogP contribution in [0.4, 0.5) is 0 Å². The lowest BCUT2D eigenvalue weighted by atomic mass is 9.77. The molecule has 0 unspecified atom stereocenters. The molecule has 5 atom stereocenters. The predicted octanol–water partition coefficient (Wildman–Crippen LogP) is 2.34. The maximum Gasteiger partial charge on any atom is 0.308 e. The molecule has 0 spiro atoms. The van der Waals surface area contributed by atoms with Crippen molar-refractivity contribution < 1.29 is 58.9 Å². The molecule has 57 heavy (non-hydrogen) atoms. The highest BCUT2D eigenvalue weighted by Crippen LogP contribution is 2.45. The molecule has 1 heterocycles. The van der Waals surface area contributed by atoms with Gasteiger partial charge in [-0.05, 0) is 47.4 Å². The number of aliphatic hydroxyl groups is 4. The lowest BCUT2D eigenvalue weighted by Gasteiger charge is -2.41. The number of hydrogen-bond donors (Lipinski definition) is 7. The average Bonchev–Trinajstić information content (AvgIpc) is 3.19. The number of nitrogens with two attached hydrogens (primary N) is 2. The summed E-state index contributed by atoms with van der Waals surface area (Å²) in [4.78, 5) is 45.6. The summed E-state index contributed by atoms with van der Waals surface area (Å²) < 4.78 is 23.7. The largest absolute Gasteiger partial charge is 0.507 e. The Balaban J connectivity index is 1.53. The van der Waals surface area contributed by atoms with Gasteiger partial charge in [-0.15, -0.1) is 0 Å². The Morgan fingerprint density at radius 2 is 1.61 bits per heavy atom. The van der Waals surface area contributed by atoms with Crippen molar-refractivity contribution in [3.8, 4) is 17.2 Å². The average molecular weight is 782 g/mol. The van der Waals surface area contributed by atoms with Crippen molar-refractivity contribution in [2.24, 2.45) is 16.5 Å². The lowest BCUT2D eigenvalue weighted by molar-refractivity contribution is -0.278. The van der Waals surface area contributed by atoms with E-state index < -0.39 is 60.6 Å². The minimum atomic E-state index is -1.53. The summed E-state index contributed by atoms with van der Waals surface area (Å²) in [5.74, 6) is -3.28. The van der Waals surface area contributed by atoms with Crippen LogP contribution in [0.1, 0.15) is 79.1 Å². The van der Waals surface area contributed by atoms with Gasteiger partial charge >= 0.3 is 5.97 Å². The maximum atomic E-state index is 14.8. The number of phenols is 1. The fraction of sp³-hybridized carbons (Fsp3) is 0.286. The first-order valence-corrected chi connectivity index (χ1v) is 18.1. The number of ether oxygens (including phenoxy) is 4. The van der Waals surface area contributed by atoms with Gasteiger partial charge in [0.15, 0.2) is 17.5 Å². The summed E-state index contributed by atoms with van der Waals surface area (Å²) in [5.41, 5.74) is 11.8. The molecule has 15 heteroatoms. The van der Waals surface area contributed by atoms with Crippen LogP contribution in [-0.2, 0) is 33.9 Å². The molecule has 9 N–H and O–H groups in total. The molecule has 0 saturated carbocycles. The number of phenolic OH excluding ortho intramolecular Hbond substituents is 1. The molecular formula is C42H43N3O12. The van der Waals surface area contributed by atoms with Crippen molar-refractivity contribution in [3.05, 3.63) is 122 Å². The number of esters is 1. The van der Waals surface area contributed by atoms with Gasteiger partial charge in [-0.1, -0.05) is 60.7 Å². The van der Waals surface area contributed by atoms with E-state index in [1.54, 1.807) is 54.6 Å². The number of aliphatic imine (C=N–C) groups is 1. The topological polar surface area (TPSA) is 254 Å². The number of carbonyl (C=O) groups is 3. The van der Waals surface area contributed by atoms with E-state index in [1.165, 1.54) is 32.1 Å². The van der Waals surface area contributed by atoms with Gasteiger partial charge in [-0.2, -0.15) is 0 Å². The normalized spacial score (nSPS) is 20.2. The second-order valence-corrected chi connectivity index (χ2v) is 13.6. The van der Waals surface area contributed by atoms with Crippen LogP contribution in [0.15, 0.2) is 71.7 Å². The number of carbonyl (C=O) groups excluding carboxylic acids is 3. The molecule has 298 valence electrons. The smallest absolute Gasteiger partial charge is 0.308 e. The first kappa shape index (κ1) is 40.7. The fourth-order valence-electron chi connectivity index (χ4n) is 6.93. The molecule has 0 bridgehead atoms. The minimum absolute atomic E-state index is 0.00175. The molecule has 1 fully saturated rings. The zero-order valence-electron chi connectivity index (χ0n) is 31.1. The number of benzene rings is 4. The molecule has 0 amide bonds. The molecule has 4 aromatic rings. The van der Waals surface area contributed by atoms with Crippen LogP contribution in [-0.4, -0.2) is 92.9 Å². The summed E-state index contributed by atoms with van der Waals surface area (Å²) >= 11 is 0. The highest BCUT2D eigenvalue weighted by Gasteiger charge is 2.46. The number of ketones is 2. The summed E-state index contributed by atoms with van der Waals surface area (Å²) in [5, 5.41) is 54.2. The minimum Gasteiger partial charge on any atom is -0.507 e. The third kappa shape index (κ3) is 8.58. The summed E-state index contributed by atoms with van der Waals surface area (Å²) in [6.45, 7) is 1.57. The van der Waals surface area contributed by atoms with Crippen molar-refractivity contribution in [2.45, 2.75) is 64.2 Å². The molecule has 0 radical (unpaired) electrons. The SMILES string of the molecule is CC(=O)Oc1cc(CO)c2c(c1C=Cc1ccccc1)C(=O)c1cc(O[C@H]3O[C@H](C)[C@@H](O)[C@@H](O)[C@H]3OCCN=C(N)N)c(Cc3cccc(CO)c3)c(O)c1C2=O. The molecule has 0 aromatic heterocycles. The molecule has 1 saturated heterocycles. The zero-order valence-corrected chi connectivity index (χ0v) is 31.1. The van der Waals surface area contributed by atoms with Crippen LogP contribution < -0.4 is 20.9 Å². The molecule has 4 aromatic carbocycles.